The van der Waals surface area contributed by atoms with Crippen LogP contribution in [0.5, 0.6) is 11.5 Å². The first-order chi connectivity index (χ1) is 17.4. The van der Waals surface area contributed by atoms with E-state index >= 15 is 0 Å². The van der Waals surface area contributed by atoms with Crippen LogP contribution in [0, 0.1) is 0 Å². The quantitative estimate of drug-likeness (QED) is 0.279. The molecule has 0 unspecified atom stereocenters. The molecule has 3 aromatic rings. The lowest BCUT2D eigenvalue weighted by molar-refractivity contribution is 0.299. The monoisotopic (exact) mass is 508 g/mol. The van der Waals surface area contributed by atoms with Crippen LogP contribution in [0.3, 0.4) is 0 Å². The minimum Gasteiger partial charge on any atom is -0.507 e. The number of phenols is 1. The van der Waals surface area contributed by atoms with Gasteiger partial charge in [0.15, 0.2) is 0 Å². The molecule has 37 heavy (non-hydrogen) atoms. The lowest BCUT2D eigenvalue weighted by Crippen LogP contribution is -2.17. The normalized spacial score (nSPS) is 12.1. The average Bonchev–Trinajstić information content (AvgIpc) is 3.28. The van der Waals surface area contributed by atoms with Gasteiger partial charge < -0.3 is 24.7 Å². The second-order valence-electron chi connectivity index (χ2n) is 11.6. The molecule has 1 aromatic heterocycles. The molecule has 0 aliphatic heterocycles. The Hall–Kier alpha value is -2.99. The summed E-state index contributed by atoms with van der Waals surface area (Å²) >= 11 is 0. The highest BCUT2D eigenvalue weighted by Crippen LogP contribution is 2.42. The number of nitrogens with zero attached hydrogens (tertiary/aromatic N) is 1. The van der Waals surface area contributed by atoms with Gasteiger partial charge in [-0.1, -0.05) is 54.5 Å². The van der Waals surface area contributed by atoms with E-state index in [1.807, 2.05) is 24.3 Å². The molecule has 0 spiro atoms. The number of benzene rings is 2. The van der Waals surface area contributed by atoms with E-state index < -0.39 is 0 Å². The van der Waals surface area contributed by atoms with Crippen LogP contribution >= 0.6 is 0 Å². The molecule has 3 rings (SSSR count). The second-order valence-corrected chi connectivity index (χ2v) is 11.6. The van der Waals surface area contributed by atoms with Crippen molar-refractivity contribution < 1.29 is 19.4 Å². The van der Waals surface area contributed by atoms with E-state index in [0.717, 1.165) is 57.9 Å². The number of hydrogen-bond donors (Lipinski definition) is 3. The predicted molar refractivity (Wildman–Crippen MR) is 151 cm³/mol. The summed E-state index contributed by atoms with van der Waals surface area (Å²) in [6, 6.07) is 8.00. The van der Waals surface area contributed by atoms with Crippen molar-refractivity contribution in [1.82, 2.24) is 4.98 Å². The lowest BCUT2D eigenvalue weighted by Gasteiger charge is -2.27. The largest absolute Gasteiger partial charge is 0.507 e. The number of phenolic OH excluding ortho intramolecular Hbond substituents is 1. The number of rotatable bonds is 10. The predicted octanol–water partition coefficient (Wildman–Crippen LogP) is 6.79. The Bertz CT molecular complexity index is 1160. The van der Waals surface area contributed by atoms with E-state index in [9.17, 15) is 10.2 Å². The van der Waals surface area contributed by atoms with E-state index in [0.29, 0.717) is 31.1 Å². The van der Waals surface area contributed by atoms with E-state index in [2.05, 4.69) is 60.7 Å². The van der Waals surface area contributed by atoms with Crippen molar-refractivity contribution in [2.75, 3.05) is 25.1 Å². The number of aliphatic hydroxyl groups excluding tert-OH is 1. The Morgan fingerprint density at radius 2 is 1.62 bits per heavy atom. The Morgan fingerprint density at radius 3 is 2.16 bits per heavy atom. The third-order valence-electron chi connectivity index (χ3n) is 6.58. The molecule has 0 saturated heterocycles. The summed E-state index contributed by atoms with van der Waals surface area (Å²) in [6.07, 6.45) is 3.74. The molecule has 1 heterocycles. The van der Waals surface area contributed by atoms with Gasteiger partial charge in [-0.2, -0.15) is 0 Å². The van der Waals surface area contributed by atoms with Gasteiger partial charge in [-0.25, -0.2) is 4.98 Å². The molecule has 0 saturated carbocycles. The van der Waals surface area contributed by atoms with E-state index in [1.165, 1.54) is 0 Å². The Morgan fingerprint density at radius 1 is 0.973 bits per heavy atom. The van der Waals surface area contributed by atoms with Crippen molar-refractivity contribution in [1.29, 1.82) is 0 Å². The summed E-state index contributed by atoms with van der Waals surface area (Å²) in [4.78, 5) is 4.75. The van der Waals surface area contributed by atoms with Gasteiger partial charge in [-0.05, 0) is 54.4 Å². The minimum absolute atomic E-state index is 0.117. The minimum atomic E-state index is -0.224. The van der Waals surface area contributed by atoms with Crippen LogP contribution in [0.4, 0.5) is 5.69 Å². The zero-order valence-corrected chi connectivity index (χ0v) is 23.8. The van der Waals surface area contributed by atoms with Crippen molar-refractivity contribution in [2.45, 2.75) is 85.5 Å². The van der Waals surface area contributed by atoms with Gasteiger partial charge in [0.05, 0.1) is 12.3 Å². The molecule has 0 aliphatic carbocycles. The maximum absolute atomic E-state index is 11.0. The van der Waals surface area contributed by atoms with E-state index in [1.54, 1.807) is 6.26 Å². The van der Waals surface area contributed by atoms with Crippen LogP contribution in [0.15, 0.2) is 34.9 Å². The van der Waals surface area contributed by atoms with Crippen molar-refractivity contribution in [3.8, 4) is 23.0 Å². The number of anilines is 1. The second kappa shape index (κ2) is 11.6. The summed E-state index contributed by atoms with van der Waals surface area (Å²) in [5.74, 6) is 1.74. The van der Waals surface area contributed by atoms with Crippen molar-refractivity contribution in [3.05, 3.63) is 58.5 Å². The zero-order chi connectivity index (χ0) is 27.4. The summed E-state index contributed by atoms with van der Waals surface area (Å²) < 4.78 is 12.1. The molecule has 0 fully saturated rings. The highest BCUT2D eigenvalue weighted by atomic mass is 16.5. The highest BCUT2D eigenvalue weighted by molar-refractivity contribution is 5.64. The fourth-order valence-corrected chi connectivity index (χ4v) is 4.61. The number of aliphatic hydroxyl groups is 1. The number of oxazole rings is 1. The standard InChI is InChI=1S/C31H44N2O4/c1-9-23-26(12-11-20(13-15-34)27(23)32-10-2)36-16-14-22-19-37-29(33-22)21-17-24(30(3,4)5)28(35)25(18-21)31(6,7)8/h11-12,17-19,32,34-35H,9-10,13-16H2,1-8H3. The smallest absolute Gasteiger partial charge is 0.226 e. The summed E-state index contributed by atoms with van der Waals surface area (Å²) in [5, 5.41) is 23.9. The van der Waals surface area contributed by atoms with Gasteiger partial charge in [-0.15, -0.1) is 0 Å². The lowest BCUT2D eigenvalue weighted by atomic mass is 9.78. The van der Waals surface area contributed by atoms with Crippen LogP contribution < -0.4 is 10.1 Å². The first-order valence-corrected chi connectivity index (χ1v) is 13.4. The highest BCUT2D eigenvalue weighted by Gasteiger charge is 2.27. The van der Waals surface area contributed by atoms with Gasteiger partial charge in [0, 0.05) is 47.5 Å². The first kappa shape index (κ1) is 28.6. The van der Waals surface area contributed by atoms with Crippen molar-refractivity contribution in [2.24, 2.45) is 0 Å². The fraction of sp³-hybridized carbons (Fsp3) is 0.516. The topological polar surface area (TPSA) is 87.8 Å². The summed E-state index contributed by atoms with van der Waals surface area (Å²) in [7, 11) is 0. The van der Waals surface area contributed by atoms with Crippen LogP contribution in [0.25, 0.3) is 11.5 Å². The molecule has 0 bridgehead atoms. The van der Waals surface area contributed by atoms with Crippen LogP contribution in [0.2, 0.25) is 0 Å². The molecule has 6 nitrogen and oxygen atoms in total. The maximum atomic E-state index is 11.0. The SMILES string of the molecule is CCNc1c(CCO)ccc(OCCc2coc(-c3cc(C(C)(C)C)c(O)c(C(C)(C)C)c3)n2)c1CC. The molecule has 202 valence electrons. The number of ether oxygens (including phenoxy) is 1. The van der Waals surface area contributed by atoms with Gasteiger partial charge in [-0.3, -0.25) is 0 Å². The first-order valence-electron chi connectivity index (χ1n) is 13.4. The number of hydrogen-bond acceptors (Lipinski definition) is 6. The molecule has 0 amide bonds. The number of aromatic nitrogens is 1. The Labute approximate surface area is 222 Å². The molecule has 0 radical (unpaired) electrons. The van der Waals surface area contributed by atoms with Gasteiger partial charge >= 0.3 is 0 Å². The molecular weight excluding hydrogens is 464 g/mol. The Balaban J connectivity index is 1.82. The molecule has 0 atom stereocenters. The average molecular weight is 509 g/mol. The van der Waals surface area contributed by atoms with Crippen LogP contribution in [-0.2, 0) is 30.1 Å². The molecule has 2 aromatic carbocycles. The Kier molecular flexibility index (Phi) is 8.96. The van der Waals surface area contributed by atoms with Gasteiger partial charge in [0.2, 0.25) is 5.89 Å². The van der Waals surface area contributed by atoms with Gasteiger partial charge in [0.25, 0.3) is 0 Å². The van der Waals surface area contributed by atoms with Crippen LogP contribution in [-0.4, -0.2) is 35.0 Å². The van der Waals surface area contributed by atoms with Crippen molar-refractivity contribution in [3.63, 3.8) is 0 Å². The zero-order valence-electron chi connectivity index (χ0n) is 23.8. The van der Waals surface area contributed by atoms with Gasteiger partial charge in [0.1, 0.15) is 17.8 Å². The van der Waals surface area contributed by atoms with E-state index in [-0.39, 0.29) is 17.4 Å². The fourth-order valence-electron chi connectivity index (χ4n) is 4.61. The number of nitrogens with one attached hydrogen (secondary N) is 1. The van der Waals surface area contributed by atoms with E-state index in [4.69, 9.17) is 14.1 Å². The molecule has 6 heteroatoms. The van der Waals surface area contributed by atoms with Crippen molar-refractivity contribution >= 4 is 5.69 Å². The third-order valence-corrected chi connectivity index (χ3v) is 6.58. The number of aromatic hydroxyl groups is 1. The molecule has 0 aliphatic rings. The van der Waals surface area contributed by atoms with Crippen LogP contribution in [0.1, 0.15) is 83.3 Å². The maximum Gasteiger partial charge on any atom is 0.226 e. The molecule has 3 N–H and O–H groups in total. The summed E-state index contributed by atoms with van der Waals surface area (Å²) in [5.41, 5.74) is 6.30. The third kappa shape index (κ3) is 6.67. The summed E-state index contributed by atoms with van der Waals surface area (Å²) in [6.45, 7) is 18.2. The molecular formula is C31H44N2O4.